The number of carboxylic acids is 1. The molecule has 1 aromatic heterocycles. The monoisotopic (exact) mass is 289 g/mol. The fourth-order valence-electron chi connectivity index (χ4n) is 1.98. The van der Waals surface area contributed by atoms with Gasteiger partial charge in [0.25, 0.3) is 0 Å². The van der Waals surface area contributed by atoms with E-state index in [0.717, 1.165) is 5.56 Å². The minimum absolute atomic E-state index is 0.0148. The van der Waals surface area contributed by atoms with E-state index in [1.165, 1.54) is 24.4 Å². The summed E-state index contributed by atoms with van der Waals surface area (Å²) in [5, 5.41) is 12.0. The number of anilines is 2. The van der Waals surface area contributed by atoms with Gasteiger partial charge in [0, 0.05) is 12.2 Å². The third-order valence-electron chi connectivity index (χ3n) is 3.00. The van der Waals surface area contributed by atoms with E-state index in [9.17, 15) is 9.18 Å². The Morgan fingerprint density at radius 1 is 1.43 bits per heavy atom. The molecule has 0 spiro atoms. The van der Waals surface area contributed by atoms with Crippen LogP contribution in [0.15, 0.2) is 36.5 Å². The first-order valence-corrected chi connectivity index (χ1v) is 6.45. The maximum Gasteiger partial charge on any atom is 0.337 e. The Hall–Kier alpha value is -2.63. The van der Waals surface area contributed by atoms with Crippen molar-refractivity contribution in [2.45, 2.75) is 19.4 Å². The molecule has 0 saturated heterocycles. The summed E-state index contributed by atoms with van der Waals surface area (Å²) in [6.07, 6.45) is 1.92. The molecule has 6 heteroatoms. The number of rotatable bonds is 5. The fraction of sp³-hybridized carbons (Fsp3) is 0.200. The van der Waals surface area contributed by atoms with Gasteiger partial charge in [-0.05, 0) is 37.1 Å². The number of nitrogens with two attached hydrogens (primary N) is 1. The van der Waals surface area contributed by atoms with Crippen LogP contribution in [0, 0.1) is 5.82 Å². The Bertz CT molecular complexity index is 644. The van der Waals surface area contributed by atoms with E-state index in [4.69, 9.17) is 10.8 Å². The first-order valence-electron chi connectivity index (χ1n) is 6.45. The van der Waals surface area contributed by atoms with Crippen molar-refractivity contribution in [2.24, 2.45) is 0 Å². The molecule has 0 aliphatic rings. The molecule has 0 bridgehead atoms. The van der Waals surface area contributed by atoms with Gasteiger partial charge in [-0.25, -0.2) is 14.2 Å². The number of pyridine rings is 1. The first kappa shape index (κ1) is 14.8. The van der Waals surface area contributed by atoms with Crippen LogP contribution in [0.1, 0.15) is 22.8 Å². The van der Waals surface area contributed by atoms with Gasteiger partial charge < -0.3 is 16.2 Å². The van der Waals surface area contributed by atoms with E-state index in [0.29, 0.717) is 12.2 Å². The maximum absolute atomic E-state index is 12.8. The van der Waals surface area contributed by atoms with Crippen LogP contribution in [-0.4, -0.2) is 22.1 Å². The average Bonchev–Trinajstić information content (AvgIpc) is 2.43. The third kappa shape index (κ3) is 3.92. The Morgan fingerprint density at radius 3 is 2.67 bits per heavy atom. The van der Waals surface area contributed by atoms with Gasteiger partial charge in [-0.2, -0.15) is 0 Å². The molecular weight excluding hydrogens is 273 g/mol. The van der Waals surface area contributed by atoms with E-state index in [2.05, 4.69) is 10.3 Å². The predicted molar refractivity (Wildman–Crippen MR) is 78.8 cm³/mol. The summed E-state index contributed by atoms with van der Waals surface area (Å²) >= 11 is 0. The van der Waals surface area contributed by atoms with Gasteiger partial charge in [0.15, 0.2) is 0 Å². The lowest BCUT2D eigenvalue weighted by Gasteiger charge is -2.16. The highest BCUT2D eigenvalue weighted by molar-refractivity contribution is 5.89. The van der Waals surface area contributed by atoms with Gasteiger partial charge in [-0.15, -0.1) is 0 Å². The Labute approximate surface area is 121 Å². The number of hydrogen-bond donors (Lipinski definition) is 3. The second-order valence-electron chi connectivity index (χ2n) is 4.84. The number of aromatic carboxylic acids is 1. The van der Waals surface area contributed by atoms with Crippen LogP contribution >= 0.6 is 0 Å². The van der Waals surface area contributed by atoms with Crippen molar-refractivity contribution < 1.29 is 14.3 Å². The van der Waals surface area contributed by atoms with Gasteiger partial charge in [-0.1, -0.05) is 12.1 Å². The van der Waals surface area contributed by atoms with Crippen molar-refractivity contribution in [3.05, 3.63) is 53.5 Å². The van der Waals surface area contributed by atoms with Crippen LogP contribution in [0.5, 0.6) is 0 Å². The zero-order valence-corrected chi connectivity index (χ0v) is 11.5. The number of nitrogens with one attached hydrogen (secondary N) is 1. The summed E-state index contributed by atoms with van der Waals surface area (Å²) in [6, 6.07) is 7.64. The average molecular weight is 289 g/mol. The number of carboxylic acid groups (broad SMARTS) is 1. The van der Waals surface area contributed by atoms with Crippen molar-refractivity contribution in [3.63, 3.8) is 0 Å². The molecule has 0 radical (unpaired) electrons. The molecule has 1 aromatic carbocycles. The number of aromatic nitrogens is 1. The summed E-state index contributed by atoms with van der Waals surface area (Å²) in [7, 11) is 0. The lowest BCUT2D eigenvalue weighted by molar-refractivity contribution is 0.0696. The standard InChI is InChI=1S/C15H16FN3O2/c1-9(6-10-2-4-12(16)5-3-10)19-14-13(17)7-11(8-18-14)15(20)21/h2-5,7-9H,6,17H2,1H3,(H,18,19)(H,20,21). The molecular formula is C15H16FN3O2. The molecule has 5 nitrogen and oxygen atoms in total. The molecule has 1 atom stereocenters. The number of nitrogen functional groups attached to an aromatic ring is 1. The molecule has 0 aliphatic carbocycles. The molecule has 2 aromatic rings. The molecule has 4 N–H and O–H groups in total. The lowest BCUT2D eigenvalue weighted by atomic mass is 10.1. The van der Waals surface area contributed by atoms with Crippen LogP contribution in [0.4, 0.5) is 15.9 Å². The van der Waals surface area contributed by atoms with Gasteiger partial charge in [0.2, 0.25) is 0 Å². The highest BCUT2D eigenvalue weighted by Gasteiger charge is 2.10. The third-order valence-corrected chi connectivity index (χ3v) is 3.00. The van der Waals surface area contributed by atoms with E-state index in [1.807, 2.05) is 6.92 Å². The molecule has 0 aliphatic heterocycles. The van der Waals surface area contributed by atoms with Gasteiger partial charge in [0.1, 0.15) is 11.6 Å². The number of hydrogen-bond acceptors (Lipinski definition) is 4. The highest BCUT2D eigenvalue weighted by atomic mass is 19.1. The molecule has 1 heterocycles. The van der Waals surface area contributed by atoms with Crippen LogP contribution in [0.2, 0.25) is 0 Å². The fourth-order valence-corrected chi connectivity index (χ4v) is 1.98. The van der Waals surface area contributed by atoms with E-state index < -0.39 is 5.97 Å². The molecule has 0 fully saturated rings. The SMILES string of the molecule is CC(Cc1ccc(F)cc1)Nc1ncc(C(=O)O)cc1N. The lowest BCUT2D eigenvalue weighted by Crippen LogP contribution is -2.20. The summed E-state index contributed by atoms with van der Waals surface area (Å²) in [5.41, 5.74) is 7.09. The summed E-state index contributed by atoms with van der Waals surface area (Å²) in [6.45, 7) is 1.94. The Balaban J connectivity index is 2.04. The van der Waals surface area contributed by atoms with Gasteiger partial charge >= 0.3 is 5.97 Å². The summed E-state index contributed by atoms with van der Waals surface area (Å²) in [5.74, 6) is -0.899. The summed E-state index contributed by atoms with van der Waals surface area (Å²) in [4.78, 5) is 14.8. The molecule has 1 unspecified atom stereocenters. The number of carbonyl (C=O) groups is 1. The minimum Gasteiger partial charge on any atom is -0.478 e. The minimum atomic E-state index is -1.07. The Morgan fingerprint density at radius 2 is 2.10 bits per heavy atom. The molecule has 0 amide bonds. The quantitative estimate of drug-likeness (QED) is 0.787. The maximum atomic E-state index is 12.8. The zero-order chi connectivity index (χ0) is 15.4. The second-order valence-corrected chi connectivity index (χ2v) is 4.84. The van der Waals surface area contributed by atoms with Crippen molar-refractivity contribution in [3.8, 4) is 0 Å². The van der Waals surface area contributed by atoms with Crippen molar-refractivity contribution >= 4 is 17.5 Å². The summed E-state index contributed by atoms with van der Waals surface area (Å²) < 4.78 is 12.8. The normalized spacial score (nSPS) is 11.9. The Kier molecular flexibility index (Phi) is 4.37. The first-order chi connectivity index (χ1) is 9.95. The molecule has 21 heavy (non-hydrogen) atoms. The topological polar surface area (TPSA) is 88.2 Å². The van der Waals surface area contributed by atoms with Gasteiger partial charge in [0.05, 0.1) is 11.3 Å². The van der Waals surface area contributed by atoms with Crippen LogP contribution in [0.25, 0.3) is 0 Å². The van der Waals surface area contributed by atoms with Gasteiger partial charge in [-0.3, -0.25) is 0 Å². The van der Waals surface area contributed by atoms with E-state index in [-0.39, 0.29) is 23.1 Å². The molecule has 2 rings (SSSR count). The van der Waals surface area contributed by atoms with Crippen molar-refractivity contribution in [1.82, 2.24) is 4.98 Å². The number of benzene rings is 1. The van der Waals surface area contributed by atoms with Crippen molar-refractivity contribution in [2.75, 3.05) is 11.1 Å². The van der Waals surface area contributed by atoms with Crippen LogP contribution in [0.3, 0.4) is 0 Å². The van der Waals surface area contributed by atoms with E-state index >= 15 is 0 Å². The predicted octanol–water partition coefficient (Wildman–Crippen LogP) is 2.54. The van der Waals surface area contributed by atoms with Crippen molar-refractivity contribution in [1.29, 1.82) is 0 Å². The second kappa shape index (κ2) is 6.21. The zero-order valence-electron chi connectivity index (χ0n) is 11.5. The van der Waals surface area contributed by atoms with Crippen LogP contribution in [-0.2, 0) is 6.42 Å². The largest absolute Gasteiger partial charge is 0.478 e. The van der Waals surface area contributed by atoms with E-state index in [1.54, 1.807) is 12.1 Å². The van der Waals surface area contributed by atoms with Crippen LogP contribution < -0.4 is 11.1 Å². The molecule has 110 valence electrons. The highest BCUT2D eigenvalue weighted by Crippen LogP contribution is 2.18. The smallest absolute Gasteiger partial charge is 0.337 e. The number of halogens is 1. The molecule has 0 saturated carbocycles. The number of nitrogens with zero attached hydrogens (tertiary/aromatic N) is 1.